The molecule has 1 heterocycles. The van der Waals surface area contributed by atoms with Crippen molar-refractivity contribution in [2.75, 3.05) is 26.2 Å². The number of amides is 1. The number of carbonyl (C=O) groups excluding carboxylic acids is 1. The minimum absolute atomic E-state index is 0.0419. The van der Waals surface area contributed by atoms with Gasteiger partial charge in [-0.2, -0.15) is 4.31 Å². The maximum Gasteiger partial charge on any atom is 0.257 e. The zero-order valence-corrected chi connectivity index (χ0v) is 18.2. The first kappa shape index (κ1) is 22.0. The monoisotopic (exact) mass is 454 g/mol. The Morgan fingerprint density at radius 1 is 0.812 bits per heavy atom. The molecule has 0 aliphatic carbocycles. The van der Waals surface area contributed by atoms with Gasteiger partial charge in [-0.25, -0.2) is 12.8 Å². The molecule has 0 unspecified atom stereocenters. The van der Waals surface area contributed by atoms with E-state index in [9.17, 15) is 17.6 Å². The lowest BCUT2D eigenvalue weighted by atomic mass is 10.1. The third-order valence-corrected chi connectivity index (χ3v) is 7.19. The summed E-state index contributed by atoms with van der Waals surface area (Å²) >= 11 is 0. The van der Waals surface area contributed by atoms with E-state index in [1.807, 2.05) is 30.3 Å². The number of nitrogens with zero attached hydrogens (tertiary/aromatic N) is 2. The quantitative estimate of drug-likeness (QED) is 0.581. The number of halogens is 1. The van der Waals surface area contributed by atoms with Crippen molar-refractivity contribution in [3.05, 3.63) is 90.2 Å². The fourth-order valence-electron chi connectivity index (χ4n) is 3.61. The first-order valence-electron chi connectivity index (χ1n) is 10.3. The van der Waals surface area contributed by atoms with E-state index < -0.39 is 15.8 Å². The zero-order valence-electron chi connectivity index (χ0n) is 17.4. The van der Waals surface area contributed by atoms with E-state index in [0.717, 1.165) is 12.1 Å². The second-order valence-electron chi connectivity index (χ2n) is 7.42. The molecule has 0 atom stereocenters. The van der Waals surface area contributed by atoms with Crippen molar-refractivity contribution >= 4 is 15.9 Å². The number of ether oxygens (including phenoxy) is 1. The minimum atomic E-state index is -3.76. The Kier molecular flexibility index (Phi) is 6.53. The molecular formula is C24H23FN2O4S. The Labute approximate surface area is 186 Å². The topological polar surface area (TPSA) is 66.9 Å². The average molecular weight is 455 g/mol. The predicted octanol–water partition coefficient (Wildman–Crippen LogP) is 4.15. The number of rotatable bonds is 5. The largest absolute Gasteiger partial charge is 0.457 e. The van der Waals surface area contributed by atoms with E-state index in [4.69, 9.17) is 4.74 Å². The van der Waals surface area contributed by atoms with Gasteiger partial charge in [-0.15, -0.1) is 0 Å². The Hall–Kier alpha value is -3.23. The molecule has 0 saturated carbocycles. The Balaban J connectivity index is 1.49. The second kappa shape index (κ2) is 9.50. The molecule has 0 spiro atoms. The lowest BCUT2D eigenvalue weighted by Gasteiger charge is -2.23. The van der Waals surface area contributed by atoms with Crippen LogP contribution in [0, 0.1) is 5.82 Å². The summed E-state index contributed by atoms with van der Waals surface area (Å²) in [6.45, 7) is 1.12. The fourth-order valence-corrected chi connectivity index (χ4v) is 5.08. The Bertz CT molecular complexity index is 1180. The standard InChI is InChI=1S/C24H23FN2O4S/c25-19-11-13-21(14-12-19)32(29,30)27-16-6-15-26(17-18-27)24(28)22-9-4-5-10-23(22)31-20-7-2-1-3-8-20/h1-5,7-14H,6,15-18H2. The molecule has 0 radical (unpaired) electrons. The number of benzene rings is 3. The highest BCUT2D eigenvalue weighted by atomic mass is 32.2. The van der Waals surface area contributed by atoms with Crippen molar-refractivity contribution < 1.29 is 22.3 Å². The maximum absolute atomic E-state index is 13.3. The molecule has 8 heteroatoms. The highest BCUT2D eigenvalue weighted by Gasteiger charge is 2.29. The molecule has 0 aromatic heterocycles. The summed E-state index contributed by atoms with van der Waals surface area (Å²) in [4.78, 5) is 15.0. The van der Waals surface area contributed by atoms with Crippen molar-refractivity contribution in [3.63, 3.8) is 0 Å². The summed E-state index contributed by atoms with van der Waals surface area (Å²) in [7, 11) is -3.76. The van der Waals surface area contributed by atoms with Crippen LogP contribution in [0.5, 0.6) is 11.5 Å². The van der Waals surface area contributed by atoms with E-state index in [0.29, 0.717) is 30.0 Å². The maximum atomic E-state index is 13.3. The molecule has 1 saturated heterocycles. The third-order valence-electron chi connectivity index (χ3n) is 5.28. The Morgan fingerprint density at radius 2 is 1.50 bits per heavy atom. The molecule has 32 heavy (non-hydrogen) atoms. The van der Waals surface area contributed by atoms with Crippen molar-refractivity contribution in [3.8, 4) is 11.5 Å². The van der Waals surface area contributed by atoms with Gasteiger partial charge in [0.2, 0.25) is 10.0 Å². The van der Waals surface area contributed by atoms with Gasteiger partial charge in [0.05, 0.1) is 10.5 Å². The van der Waals surface area contributed by atoms with Crippen LogP contribution in [0.15, 0.2) is 83.8 Å². The van der Waals surface area contributed by atoms with Crippen LogP contribution >= 0.6 is 0 Å². The van der Waals surface area contributed by atoms with Crippen LogP contribution in [0.3, 0.4) is 0 Å². The molecule has 1 aliphatic rings. The lowest BCUT2D eigenvalue weighted by molar-refractivity contribution is 0.0761. The molecule has 3 aromatic rings. The average Bonchev–Trinajstić information content (AvgIpc) is 3.07. The SMILES string of the molecule is O=C(c1ccccc1Oc1ccccc1)N1CCCN(S(=O)(=O)c2ccc(F)cc2)CC1. The smallest absolute Gasteiger partial charge is 0.257 e. The molecule has 1 fully saturated rings. The summed E-state index contributed by atoms with van der Waals surface area (Å²) in [6, 6.07) is 21.0. The van der Waals surface area contributed by atoms with Gasteiger partial charge < -0.3 is 9.64 Å². The molecule has 0 N–H and O–H groups in total. The van der Waals surface area contributed by atoms with Gasteiger partial charge in [-0.3, -0.25) is 4.79 Å². The van der Waals surface area contributed by atoms with Crippen LogP contribution in [0.1, 0.15) is 16.8 Å². The van der Waals surface area contributed by atoms with Crippen LogP contribution in [0.25, 0.3) is 0 Å². The summed E-state index contributed by atoms with van der Waals surface area (Å²) in [6.07, 6.45) is 0.494. The van der Waals surface area contributed by atoms with E-state index >= 15 is 0 Å². The van der Waals surface area contributed by atoms with E-state index in [-0.39, 0.29) is 30.4 Å². The Morgan fingerprint density at radius 3 is 2.25 bits per heavy atom. The van der Waals surface area contributed by atoms with Crippen LogP contribution in [-0.2, 0) is 10.0 Å². The van der Waals surface area contributed by atoms with Gasteiger partial charge in [-0.05, 0) is 55.0 Å². The number of carbonyl (C=O) groups is 1. The zero-order chi connectivity index (χ0) is 22.6. The molecule has 1 aliphatic heterocycles. The fraction of sp³-hybridized carbons (Fsp3) is 0.208. The van der Waals surface area contributed by atoms with Crippen LogP contribution in [0.4, 0.5) is 4.39 Å². The van der Waals surface area contributed by atoms with Gasteiger partial charge in [0.15, 0.2) is 0 Å². The first-order valence-corrected chi connectivity index (χ1v) is 11.8. The molecule has 4 rings (SSSR count). The molecule has 166 valence electrons. The summed E-state index contributed by atoms with van der Waals surface area (Å²) in [5, 5.41) is 0. The number of hydrogen-bond donors (Lipinski definition) is 0. The van der Waals surface area contributed by atoms with Gasteiger partial charge in [0.1, 0.15) is 17.3 Å². The van der Waals surface area contributed by atoms with Crippen molar-refractivity contribution in [1.82, 2.24) is 9.21 Å². The van der Waals surface area contributed by atoms with Gasteiger partial charge in [-0.1, -0.05) is 30.3 Å². The van der Waals surface area contributed by atoms with E-state index in [2.05, 4.69) is 0 Å². The summed E-state index contributed by atoms with van der Waals surface area (Å²) in [5.74, 6) is 0.370. The van der Waals surface area contributed by atoms with Crippen molar-refractivity contribution in [2.24, 2.45) is 0 Å². The normalized spacial score (nSPS) is 15.2. The summed E-state index contributed by atoms with van der Waals surface area (Å²) in [5.41, 5.74) is 0.422. The highest BCUT2D eigenvalue weighted by Crippen LogP contribution is 2.27. The van der Waals surface area contributed by atoms with Crippen molar-refractivity contribution in [1.29, 1.82) is 0 Å². The van der Waals surface area contributed by atoms with Crippen molar-refractivity contribution in [2.45, 2.75) is 11.3 Å². The number of hydrogen-bond acceptors (Lipinski definition) is 4. The van der Waals surface area contributed by atoms with Crippen LogP contribution in [-0.4, -0.2) is 49.7 Å². The van der Waals surface area contributed by atoms with Gasteiger partial charge in [0.25, 0.3) is 5.91 Å². The first-order chi connectivity index (χ1) is 15.4. The number of sulfonamides is 1. The molecular weight excluding hydrogens is 431 g/mol. The highest BCUT2D eigenvalue weighted by molar-refractivity contribution is 7.89. The molecule has 1 amide bonds. The lowest BCUT2D eigenvalue weighted by Crippen LogP contribution is -2.37. The van der Waals surface area contributed by atoms with Gasteiger partial charge >= 0.3 is 0 Å². The van der Waals surface area contributed by atoms with E-state index in [1.165, 1.54) is 16.4 Å². The van der Waals surface area contributed by atoms with E-state index in [1.54, 1.807) is 29.2 Å². The minimum Gasteiger partial charge on any atom is -0.457 e. The second-order valence-corrected chi connectivity index (χ2v) is 9.35. The van der Waals surface area contributed by atoms with Crippen LogP contribution in [0.2, 0.25) is 0 Å². The summed E-state index contributed by atoms with van der Waals surface area (Å²) < 4.78 is 46.3. The molecule has 0 bridgehead atoms. The third kappa shape index (κ3) is 4.81. The predicted molar refractivity (Wildman–Crippen MR) is 119 cm³/mol. The van der Waals surface area contributed by atoms with Gasteiger partial charge in [0, 0.05) is 26.2 Å². The molecule has 3 aromatic carbocycles. The molecule has 6 nitrogen and oxygen atoms in total. The number of para-hydroxylation sites is 2. The van der Waals surface area contributed by atoms with Crippen LogP contribution < -0.4 is 4.74 Å².